The summed E-state index contributed by atoms with van der Waals surface area (Å²) in [4.78, 5) is 11.6. The molecule has 0 N–H and O–H groups in total. The summed E-state index contributed by atoms with van der Waals surface area (Å²) in [5.74, 6) is 0. The Morgan fingerprint density at radius 1 is 1.62 bits per heavy atom. The van der Waals surface area contributed by atoms with Gasteiger partial charge in [0.1, 0.15) is 0 Å². The van der Waals surface area contributed by atoms with Crippen LogP contribution in [0, 0.1) is 6.54 Å². The van der Waals surface area contributed by atoms with Crippen molar-refractivity contribution in [3.8, 4) is 0 Å². The summed E-state index contributed by atoms with van der Waals surface area (Å²) in [6.45, 7) is 2.84. The Hall–Kier alpha value is 0.0674. The molecule has 8 heavy (non-hydrogen) atoms. The topological polar surface area (TPSA) is 20.3 Å². The second-order valence-electron chi connectivity index (χ2n) is 1.67. The smallest absolute Gasteiger partial charge is 0.496 e. The minimum Gasteiger partial charge on any atom is -0.496 e. The van der Waals surface area contributed by atoms with E-state index in [-0.39, 0.29) is 18.9 Å². The van der Waals surface area contributed by atoms with Crippen LogP contribution in [0.1, 0.15) is 12.8 Å². The van der Waals surface area contributed by atoms with E-state index in [9.17, 15) is 4.79 Å². The normalized spacial score (nSPS) is 17.8. The van der Waals surface area contributed by atoms with Gasteiger partial charge in [-0.15, -0.1) is 0 Å². The summed E-state index contributed by atoms with van der Waals surface area (Å²) in [6.07, 6.45) is 3.07. The number of likely N-dealkylation sites (tertiary alicyclic amines) is 1. The second kappa shape index (κ2) is 4.00. The van der Waals surface area contributed by atoms with Crippen LogP contribution in [0.4, 0.5) is 0 Å². The third kappa shape index (κ3) is 1.89. The van der Waals surface area contributed by atoms with Crippen LogP contribution in [0.15, 0.2) is 0 Å². The van der Waals surface area contributed by atoms with Crippen molar-refractivity contribution in [3.05, 3.63) is 6.54 Å². The summed E-state index contributed by atoms with van der Waals surface area (Å²) in [7, 11) is 0. The zero-order valence-corrected chi connectivity index (χ0v) is 5.13. The molecular formula is C5H8LiNO. The number of rotatable bonds is 1. The third-order valence-corrected chi connectivity index (χ3v) is 1.12. The largest absolute Gasteiger partial charge is 1.00 e. The van der Waals surface area contributed by atoms with Gasteiger partial charge in [-0.25, -0.2) is 6.54 Å². The summed E-state index contributed by atoms with van der Waals surface area (Å²) in [5.41, 5.74) is 0. The predicted octanol–water partition coefficient (Wildman–Crippen LogP) is -2.60. The van der Waals surface area contributed by atoms with Gasteiger partial charge in [0.25, 0.3) is 0 Å². The van der Waals surface area contributed by atoms with Crippen LogP contribution in [-0.2, 0) is 4.79 Å². The van der Waals surface area contributed by atoms with Gasteiger partial charge in [-0.05, 0) is 6.54 Å². The first-order valence-corrected chi connectivity index (χ1v) is 2.48. The molecule has 40 valence electrons. The maximum absolute atomic E-state index is 9.90. The maximum atomic E-state index is 9.90. The van der Waals surface area contributed by atoms with Gasteiger partial charge in [-0.3, -0.25) is 4.79 Å². The Bertz CT molecular complexity index is 70.8. The third-order valence-electron chi connectivity index (χ3n) is 1.12. The molecule has 0 bridgehead atoms. The van der Waals surface area contributed by atoms with Crippen LogP contribution in [0.25, 0.3) is 0 Å². The van der Waals surface area contributed by atoms with Crippen LogP contribution < -0.4 is 18.9 Å². The molecule has 0 unspecified atom stereocenters. The van der Waals surface area contributed by atoms with Crippen LogP contribution in [0.2, 0.25) is 0 Å². The van der Waals surface area contributed by atoms with Crippen molar-refractivity contribution in [1.82, 2.24) is 4.90 Å². The zero-order chi connectivity index (χ0) is 5.11. The average Bonchev–Trinajstić information content (AvgIpc) is 2.14. The molecule has 0 atom stereocenters. The fraction of sp³-hybridized carbons (Fsp3) is 0.600. The van der Waals surface area contributed by atoms with E-state index < -0.39 is 0 Å². The van der Waals surface area contributed by atoms with E-state index in [2.05, 4.69) is 0 Å². The van der Waals surface area contributed by atoms with Crippen molar-refractivity contribution < 1.29 is 23.7 Å². The molecule has 0 aromatic rings. The predicted molar refractivity (Wildman–Crippen MR) is 26.3 cm³/mol. The number of carbonyl (C=O) groups is 1. The quantitative estimate of drug-likeness (QED) is 0.203. The molecule has 1 heterocycles. The van der Waals surface area contributed by atoms with Crippen LogP contribution in [0.3, 0.4) is 0 Å². The molecule has 1 aliphatic heterocycles. The van der Waals surface area contributed by atoms with Crippen LogP contribution in [-0.4, -0.2) is 17.9 Å². The number of carbonyl (C=O) groups excluding carboxylic acids is 1. The first-order valence-electron chi connectivity index (χ1n) is 2.48. The van der Waals surface area contributed by atoms with Crippen molar-refractivity contribution in [2.75, 3.05) is 6.54 Å². The summed E-state index contributed by atoms with van der Waals surface area (Å²) >= 11 is 0. The van der Waals surface area contributed by atoms with Gasteiger partial charge in [-0.1, -0.05) is 6.42 Å². The standard InChI is InChI=1S/C5H8NO.Li/c7-5-6-3-1-2-4-6;/h3,5H,1-2,4H2;/q-1;+1. The van der Waals surface area contributed by atoms with Gasteiger partial charge in [-0.2, -0.15) is 6.42 Å². The minimum absolute atomic E-state index is 0. The van der Waals surface area contributed by atoms with E-state index in [0.717, 1.165) is 25.8 Å². The monoisotopic (exact) mass is 105 g/mol. The van der Waals surface area contributed by atoms with Crippen molar-refractivity contribution in [1.29, 1.82) is 0 Å². The zero-order valence-electron chi connectivity index (χ0n) is 5.13. The molecule has 2 nitrogen and oxygen atoms in total. The van der Waals surface area contributed by atoms with Crippen molar-refractivity contribution in [2.24, 2.45) is 0 Å². The molecule has 1 saturated heterocycles. The Labute approximate surface area is 61.4 Å². The average molecular weight is 105 g/mol. The summed E-state index contributed by atoms with van der Waals surface area (Å²) < 4.78 is 0. The molecule has 0 aromatic carbocycles. The molecule has 0 aromatic heterocycles. The van der Waals surface area contributed by atoms with Crippen LogP contribution >= 0.6 is 0 Å². The van der Waals surface area contributed by atoms with Crippen molar-refractivity contribution >= 4 is 6.41 Å². The maximum Gasteiger partial charge on any atom is 1.00 e. The molecular weight excluding hydrogens is 97.0 g/mol. The number of hydrogen-bond donors (Lipinski definition) is 0. The molecule has 0 aliphatic carbocycles. The van der Waals surface area contributed by atoms with E-state index in [1.165, 1.54) is 0 Å². The van der Waals surface area contributed by atoms with E-state index in [0.29, 0.717) is 0 Å². The van der Waals surface area contributed by atoms with E-state index in [4.69, 9.17) is 0 Å². The van der Waals surface area contributed by atoms with E-state index in [1.54, 1.807) is 4.90 Å². The van der Waals surface area contributed by atoms with Crippen LogP contribution in [0.5, 0.6) is 0 Å². The first kappa shape index (κ1) is 8.07. The Balaban J connectivity index is 0.000000490. The molecule has 1 fully saturated rings. The van der Waals surface area contributed by atoms with Gasteiger partial charge in [0.15, 0.2) is 6.41 Å². The van der Waals surface area contributed by atoms with Crippen molar-refractivity contribution in [2.45, 2.75) is 12.8 Å². The number of hydrogen-bond acceptors (Lipinski definition) is 1. The fourth-order valence-corrected chi connectivity index (χ4v) is 0.718. The Kier molecular flexibility index (Phi) is 4.03. The number of amides is 1. The molecule has 0 radical (unpaired) electrons. The molecule has 1 amide bonds. The summed E-state index contributed by atoms with van der Waals surface area (Å²) in [5, 5.41) is 0. The van der Waals surface area contributed by atoms with E-state index >= 15 is 0 Å². The van der Waals surface area contributed by atoms with Gasteiger partial charge in [0.05, 0.1) is 0 Å². The summed E-state index contributed by atoms with van der Waals surface area (Å²) in [6, 6.07) is 0. The molecule has 1 rings (SSSR count). The van der Waals surface area contributed by atoms with Gasteiger partial charge in [0, 0.05) is 0 Å². The molecule has 0 spiro atoms. The minimum atomic E-state index is 0. The van der Waals surface area contributed by atoms with Crippen molar-refractivity contribution in [3.63, 3.8) is 0 Å². The van der Waals surface area contributed by atoms with E-state index in [1.807, 2.05) is 6.54 Å². The van der Waals surface area contributed by atoms with Gasteiger partial charge < -0.3 is 4.90 Å². The molecule has 0 saturated carbocycles. The fourth-order valence-electron chi connectivity index (χ4n) is 0.718. The Morgan fingerprint density at radius 3 is 2.62 bits per heavy atom. The van der Waals surface area contributed by atoms with Gasteiger partial charge in [0.2, 0.25) is 0 Å². The van der Waals surface area contributed by atoms with Gasteiger partial charge >= 0.3 is 18.9 Å². The number of nitrogens with zero attached hydrogens (tertiary/aromatic N) is 1. The molecule has 1 aliphatic rings. The Morgan fingerprint density at radius 2 is 2.38 bits per heavy atom. The second-order valence-corrected chi connectivity index (χ2v) is 1.67. The SMILES string of the molecule is O=CN1[CH-]CCC1.[Li+]. The molecule has 3 heteroatoms. The first-order chi connectivity index (χ1) is 3.43.